The molecule has 2 aliphatic rings. The van der Waals surface area contributed by atoms with Crippen molar-refractivity contribution >= 4 is 9.84 Å². The molecule has 1 atom stereocenters. The molecule has 4 nitrogen and oxygen atoms in total. The van der Waals surface area contributed by atoms with E-state index in [-0.39, 0.29) is 16.8 Å². The van der Waals surface area contributed by atoms with Crippen LogP contribution in [0.15, 0.2) is 0 Å². The third-order valence-corrected chi connectivity index (χ3v) is 5.43. The van der Waals surface area contributed by atoms with Gasteiger partial charge in [-0.2, -0.15) is 0 Å². The zero-order valence-corrected chi connectivity index (χ0v) is 12.8. The second-order valence-corrected chi connectivity index (χ2v) is 9.17. The quantitative estimate of drug-likeness (QED) is 0.827. The van der Waals surface area contributed by atoms with Crippen molar-refractivity contribution in [1.29, 1.82) is 0 Å². The Hall–Kier alpha value is -0.130. The van der Waals surface area contributed by atoms with Crippen LogP contribution in [-0.4, -0.2) is 56.0 Å². The zero-order valence-electron chi connectivity index (χ0n) is 12.0. The predicted octanol–water partition coefficient (Wildman–Crippen LogP) is 0.884. The van der Waals surface area contributed by atoms with Crippen molar-refractivity contribution in [2.24, 2.45) is 5.92 Å². The molecule has 2 rings (SSSR count). The fourth-order valence-electron chi connectivity index (χ4n) is 2.85. The average Bonchev–Trinajstić information content (AvgIpc) is 3.02. The molecule has 18 heavy (non-hydrogen) atoms. The highest BCUT2D eigenvalue weighted by Gasteiger charge is 2.47. The first-order valence-corrected chi connectivity index (χ1v) is 8.86. The number of hydrogen-bond acceptors (Lipinski definition) is 4. The summed E-state index contributed by atoms with van der Waals surface area (Å²) < 4.78 is 22.7. The fraction of sp³-hybridized carbons (Fsp3) is 1.00. The summed E-state index contributed by atoms with van der Waals surface area (Å²) in [5, 5.41) is 3.68. The van der Waals surface area contributed by atoms with E-state index in [2.05, 4.69) is 31.0 Å². The summed E-state index contributed by atoms with van der Waals surface area (Å²) in [6.07, 6.45) is 3.94. The van der Waals surface area contributed by atoms with Crippen LogP contribution in [-0.2, 0) is 9.84 Å². The minimum absolute atomic E-state index is 0.0408. The maximum Gasteiger partial charge on any atom is 0.148 e. The molecule has 1 saturated heterocycles. The summed E-state index contributed by atoms with van der Waals surface area (Å²) >= 11 is 0. The van der Waals surface area contributed by atoms with Crippen molar-refractivity contribution in [2.45, 2.75) is 44.7 Å². The Labute approximate surface area is 111 Å². The molecule has 1 aliphatic heterocycles. The van der Waals surface area contributed by atoms with E-state index in [9.17, 15) is 8.42 Å². The highest BCUT2D eigenvalue weighted by molar-refractivity contribution is 7.90. The molecule has 0 radical (unpaired) electrons. The molecule has 0 amide bonds. The SMILES string of the molecule is CC1(C2CC2)CN(CCS(C)(=O)=O)C(C)(C)CN1. The molecule has 2 fully saturated rings. The highest BCUT2D eigenvalue weighted by atomic mass is 32.2. The number of nitrogens with zero attached hydrogens (tertiary/aromatic N) is 1. The van der Waals surface area contributed by atoms with E-state index in [0.717, 1.165) is 19.0 Å². The van der Waals surface area contributed by atoms with E-state index in [1.54, 1.807) is 0 Å². The largest absolute Gasteiger partial charge is 0.308 e. The lowest BCUT2D eigenvalue weighted by Gasteiger charge is -2.51. The van der Waals surface area contributed by atoms with Gasteiger partial charge in [0.2, 0.25) is 0 Å². The van der Waals surface area contributed by atoms with Gasteiger partial charge < -0.3 is 5.32 Å². The van der Waals surface area contributed by atoms with Gasteiger partial charge in [0.25, 0.3) is 0 Å². The van der Waals surface area contributed by atoms with Crippen LogP contribution in [0.2, 0.25) is 0 Å². The van der Waals surface area contributed by atoms with Gasteiger partial charge in [-0.25, -0.2) is 8.42 Å². The number of hydrogen-bond donors (Lipinski definition) is 1. The van der Waals surface area contributed by atoms with E-state index in [0.29, 0.717) is 6.54 Å². The van der Waals surface area contributed by atoms with Gasteiger partial charge in [-0.15, -0.1) is 0 Å². The molecular weight excluding hydrogens is 248 g/mol. The van der Waals surface area contributed by atoms with Crippen LogP contribution >= 0.6 is 0 Å². The summed E-state index contributed by atoms with van der Waals surface area (Å²) in [5.74, 6) is 1.03. The fourth-order valence-corrected chi connectivity index (χ4v) is 3.40. The second kappa shape index (κ2) is 4.46. The van der Waals surface area contributed by atoms with Gasteiger partial charge in [0.15, 0.2) is 0 Å². The third-order valence-electron chi connectivity index (χ3n) is 4.51. The van der Waals surface area contributed by atoms with Gasteiger partial charge in [-0.3, -0.25) is 4.90 Å². The summed E-state index contributed by atoms with van der Waals surface area (Å²) in [6, 6.07) is 0. The van der Waals surface area contributed by atoms with E-state index < -0.39 is 9.84 Å². The Morgan fingerprint density at radius 3 is 2.39 bits per heavy atom. The normalized spacial score (nSPS) is 33.6. The second-order valence-electron chi connectivity index (χ2n) is 6.91. The van der Waals surface area contributed by atoms with Crippen molar-refractivity contribution < 1.29 is 8.42 Å². The standard InChI is InChI=1S/C13H26N2O2S/c1-12(2)9-14-13(3,11-5-6-11)10-15(12)7-8-18(4,16)17/h11,14H,5-10H2,1-4H3. The summed E-state index contributed by atoms with van der Waals surface area (Å²) in [5.41, 5.74) is 0.214. The number of nitrogens with one attached hydrogen (secondary N) is 1. The third kappa shape index (κ3) is 3.25. The first-order valence-electron chi connectivity index (χ1n) is 6.80. The first-order chi connectivity index (χ1) is 8.12. The van der Waals surface area contributed by atoms with Gasteiger partial charge in [0, 0.05) is 37.0 Å². The van der Waals surface area contributed by atoms with Gasteiger partial charge in [0.05, 0.1) is 5.75 Å². The molecule has 1 heterocycles. The van der Waals surface area contributed by atoms with Crippen molar-refractivity contribution in [3.05, 3.63) is 0 Å². The minimum Gasteiger partial charge on any atom is -0.308 e. The van der Waals surface area contributed by atoms with E-state index in [1.807, 2.05) is 0 Å². The average molecular weight is 274 g/mol. The highest BCUT2D eigenvalue weighted by Crippen LogP contribution is 2.42. The first kappa shape index (κ1) is 14.3. The lowest BCUT2D eigenvalue weighted by atomic mass is 9.87. The summed E-state index contributed by atoms with van der Waals surface area (Å²) in [7, 11) is -2.88. The summed E-state index contributed by atoms with van der Waals surface area (Å²) in [4.78, 5) is 2.35. The topological polar surface area (TPSA) is 49.4 Å². The monoisotopic (exact) mass is 274 g/mol. The molecule has 0 aromatic carbocycles. The molecular formula is C13H26N2O2S. The number of piperazine rings is 1. The van der Waals surface area contributed by atoms with Gasteiger partial charge in [-0.05, 0) is 39.5 Å². The molecule has 0 bridgehead atoms. The molecule has 0 spiro atoms. The predicted molar refractivity (Wildman–Crippen MR) is 74.5 cm³/mol. The Bertz CT molecular complexity index is 415. The van der Waals surface area contributed by atoms with Crippen molar-refractivity contribution in [3.63, 3.8) is 0 Å². The van der Waals surface area contributed by atoms with Crippen LogP contribution in [0.25, 0.3) is 0 Å². The van der Waals surface area contributed by atoms with Gasteiger partial charge >= 0.3 is 0 Å². The lowest BCUT2D eigenvalue weighted by Crippen LogP contribution is -2.68. The number of rotatable bonds is 4. The summed E-state index contributed by atoms with van der Waals surface area (Å²) in [6.45, 7) is 9.20. The van der Waals surface area contributed by atoms with Gasteiger partial charge in [-0.1, -0.05) is 0 Å². The molecule has 1 N–H and O–H groups in total. The van der Waals surface area contributed by atoms with E-state index >= 15 is 0 Å². The Kier molecular flexibility index (Phi) is 3.54. The molecule has 0 aromatic rings. The van der Waals surface area contributed by atoms with E-state index in [1.165, 1.54) is 19.1 Å². The van der Waals surface area contributed by atoms with Crippen LogP contribution < -0.4 is 5.32 Å². The molecule has 1 aliphatic carbocycles. The van der Waals surface area contributed by atoms with Crippen LogP contribution in [0.3, 0.4) is 0 Å². The molecule has 5 heteroatoms. The Morgan fingerprint density at radius 2 is 1.89 bits per heavy atom. The molecule has 1 unspecified atom stereocenters. The minimum atomic E-state index is -2.88. The molecule has 106 valence electrons. The van der Waals surface area contributed by atoms with Crippen LogP contribution in [0.4, 0.5) is 0 Å². The number of sulfone groups is 1. The van der Waals surface area contributed by atoms with Crippen LogP contribution in [0.5, 0.6) is 0 Å². The van der Waals surface area contributed by atoms with Crippen LogP contribution in [0, 0.1) is 5.92 Å². The van der Waals surface area contributed by atoms with Gasteiger partial charge in [0.1, 0.15) is 9.84 Å². The Morgan fingerprint density at radius 1 is 1.28 bits per heavy atom. The Balaban J connectivity index is 2.04. The van der Waals surface area contributed by atoms with Crippen molar-refractivity contribution in [2.75, 3.05) is 31.6 Å². The zero-order chi connectivity index (χ0) is 13.6. The van der Waals surface area contributed by atoms with Crippen molar-refractivity contribution in [1.82, 2.24) is 10.2 Å². The van der Waals surface area contributed by atoms with E-state index in [4.69, 9.17) is 0 Å². The van der Waals surface area contributed by atoms with Crippen molar-refractivity contribution in [3.8, 4) is 0 Å². The maximum atomic E-state index is 11.4. The smallest absolute Gasteiger partial charge is 0.148 e. The molecule has 0 aromatic heterocycles. The maximum absolute atomic E-state index is 11.4. The lowest BCUT2D eigenvalue weighted by molar-refractivity contribution is 0.0294. The molecule has 1 saturated carbocycles. The van der Waals surface area contributed by atoms with Crippen LogP contribution in [0.1, 0.15) is 33.6 Å².